The van der Waals surface area contributed by atoms with Crippen LogP contribution in [0.3, 0.4) is 0 Å². The third kappa shape index (κ3) is 2.45. The third-order valence-corrected chi connectivity index (χ3v) is 2.68. The van der Waals surface area contributed by atoms with Crippen LogP contribution in [0.1, 0.15) is 10.4 Å². The molecule has 4 N–H and O–H groups in total. The maximum atomic E-state index is 11.2. The van der Waals surface area contributed by atoms with Crippen molar-refractivity contribution in [2.45, 2.75) is 4.90 Å². The highest BCUT2D eigenvalue weighted by atomic mass is 32.2. The van der Waals surface area contributed by atoms with Crippen molar-refractivity contribution in [2.75, 3.05) is 12.8 Å². The Morgan fingerprint density at radius 2 is 2.00 bits per heavy atom. The van der Waals surface area contributed by atoms with Gasteiger partial charge in [0.05, 0.1) is 17.6 Å². The molecule has 0 aliphatic heterocycles. The first-order chi connectivity index (χ1) is 6.86. The van der Waals surface area contributed by atoms with Gasteiger partial charge in [0.2, 0.25) is 10.0 Å². The first-order valence-electron chi connectivity index (χ1n) is 3.87. The molecule has 0 amide bonds. The van der Waals surface area contributed by atoms with E-state index in [2.05, 4.69) is 4.74 Å². The minimum absolute atomic E-state index is 0.167. The third-order valence-electron chi connectivity index (χ3n) is 1.72. The van der Waals surface area contributed by atoms with E-state index in [1.165, 1.54) is 12.1 Å². The minimum Gasteiger partial charge on any atom is -0.465 e. The number of ether oxygens (including phenoxy) is 1. The molecule has 0 fully saturated rings. The molecule has 0 atom stereocenters. The van der Waals surface area contributed by atoms with Gasteiger partial charge in [-0.1, -0.05) is 0 Å². The molecular formula is C8H10N2O4S. The normalized spacial score (nSPS) is 11.1. The van der Waals surface area contributed by atoms with E-state index in [-0.39, 0.29) is 16.1 Å². The summed E-state index contributed by atoms with van der Waals surface area (Å²) >= 11 is 0. The van der Waals surface area contributed by atoms with E-state index >= 15 is 0 Å². The van der Waals surface area contributed by atoms with Crippen molar-refractivity contribution in [3.8, 4) is 0 Å². The molecule has 6 nitrogen and oxygen atoms in total. The van der Waals surface area contributed by atoms with E-state index in [1.807, 2.05) is 0 Å². The predicted octanol–water partition coefficient (Wildman–Crippen LogP) is -0.297. The largest absolute Gasteiger partial charge is 0.465 e. The number of nitrogens with two attached hydrogens (primary N) is 2. The fourth-order valence-electron chi connectivity index (χ4n) is 1.07. The van der Waals surface area contributed by atoms with E-state index in [9.17, 15) is 13.2 Å². The first-order valence-corrected chi connectivity index (χ1v) is 5.41. The summed E-state index contributed by atoms with van der Waals surface area (Å²) in [6.45, 7) is 0. The fraction of sp³-hybridized carbons (Fsp3) is 0.125. The molecule has 0 heterocycles. The van der Waals surface area contributed by atoms with Crippen LogP contribution in [0.5, 0.6) is 0 Å². The van der Waals surface area contributed by atoms with Crippen molar-refractivity contribution in [1.82, 2.24) is 0 Å². The number of sulfonamides is 1. The summed E-state index contributed by atoms with van der Waals surface area (Å²) in [6.07, 6.45) is 0. The summed E-state index contributed by atoms with van der Waals surface area (Å²) in [5.74, 6) is -0.800. The summed E-state index contributed by atoms with van der Waals surface area (Å²) in [6, 6.07) is 3.70. The summed E-state index contributed by atoms with van der Waals surface area (Å²) in [4.78, 5) is 10.9. The van der Waals surface area contributed by atoms with E-state index in [0.29, 0.717) is 0 Å². The Labute approximate surface area is 86.9 Å². The zero-order valence-corrected chi connectivity index (χ0v) is 8.74. The lowest BCUT2D eigenvalue weighted by Gasteiger charge is -2.06. The molecule has 0 saturated heterocycles. The summed E-state index contributed by atoms with van der Waals surface area (Å²) in [7, 11) is -2.82. The van der Waals surface area contributed by atoms with Crippen LogP contribution in [0, 0.1) is 0 Å². The Morgan fingerprint density at radius 1 is 1.40 bits per heavy atom. The second kappa shape index (κ2) is 3.87. The standard InChI is InChI=1S/C8H10N2O4S/c1-14-8(11)6-4-5(9)2-3-7(6)15(10,12)13/h2-4H,9H2,1H3,(H2,10,12,13). The molecule has 0 aromatic heterocycles. The number of carbonyl (C=O) groups is 1. The molecule has 0 spiro atoms. The average Bonchev–Trinajstić information content (AvgIpc) is 2.14. The zero-order valence-electron chi connectivity index (χ0n) is 7.93. The van der Waals surface area contributed by atoms with Crippen LogP contribution in [0.15, 0.2) is 23.1 Å². The lowest BCUT2D eigenvalue weighted by Crippen LogP contribution is -2.17. The van der Waals surface area contributed by atoms with Gasteiger partial charge in [0, 0.05) is 5.69 Å². The molecular weight excluding hydrogens is 220 g/mol. The van der Waals surface area contributed by atoms with Crippen LogP contribution in [0.25, 0.3) is 0 Å². The molecule has 0 aliphatic rings. The SMILES string of the molecule is COC(=O)c1cc(N)ccc1S(N)(=O)=O. The molecule has 1 aromatic carbocycles. The van der Waals surface area contributed by atoms with Gasteiger partial charge in [-0.25, -0.2) is 18.4 Å². The zero-order chi connectivity index (χ0) is 11.6. The van der Waals surface area contributed by atoms with Gasteiger partial charge in [0.15, 0.2) is 0 Å². The van der Waals surface area contributed by atoms with Gasteiger partial charge < -0.3 is 10.5 Å². The molecule has 15 heavy (non-hydrogen) atoms. The van der Waals surface area contributed by atoms with E-state index in [1.54, 1.807) is 0 Å². The van der Waals surface area contributed by atoms with Gasteiger partial charge in [-0.15, -0.1) is 0 Å². The number of methoxy groups -OCH3 is 1. The number of nitrogen functional groups attached to an aromatic ring is 1. The highest BCUT2D eigenvalue weighted by Crippen LogP contribution is 2.18. The molecule has 0 bridgehead atoms. The Bertz CT molecular complexity index is 495. The molecule has 82 valence electrons. The number of benzene rings is 1. The van der Waals surface area contributed by atoms with Gasteiger partial charge in [0.25, 0.3) is 0 Å². The van der Waals surface area contributed by atoms with Gasteiger partial charge in [0.1, 0.15) is 0 Å². The van der Waals surface area contributed by atoms with Crippen LogP contribution in [-0.4, -0.2) is 21.5 Å². The quantitative estimate of drug-likeness (QED) is 0.535. The maximum absolute atomic E-state index is 11.2. The van der Waals surface area contributed by atoms with E-state index < -0.39 is 16.0 Å². The molecule has 7 heteroatoms. The topological polar surface area (TPSA) is 112 Å². The Balaban J connectivity index is 3.47. The molecule has 0 saturated carbocycles. The summed E-state index contributed by atoms with van der Waals surface area (Å²) in [5, 5.41) is 4.92. The predicted molar refractivity (Wildman–Crippen MR) is 53.6 cm³/mol. The van der Waals surface area contributed by atoms with Crippen molar-refractivity contribution in [2.24, 2.45) is 5.14 Å². The number of esters is 1. The number of anilines is 1. The monoisotopic (exact) mass is 230 g/mol. The average molecular weight is 230 g/mol. The van der Waals surface area contributed by atoms with Gasteiger partial charge in [-0.2, -0.15) is 0 Å². The van der Waals surface area contributed by atoms with Crippen LogP contribution >= 0.6 is 0 Å². The second-order valence-electron chi connectivity index (χ2n) is 2.79. The van der Waals surface area contributed by atoms with Crippen molar-refractivity contribution < 1.29 is 17.9 Å². The smallest absolute Gasteiger partial charge is 0.339 e. The number of hydrogen-bond donors (Lipinski definition) is 2. The Hall–Kier alpha value is -1.60. The maximum Gasteiger partial charge on any atom is 0.339 e. The molecule has 0 unspecified atom stereocenters. The van der Waals surface area contributed by atoms with Crippen LogP contribution < -0.4 is 10.9 Å². The summed E-state index contributed by atoms with van der Waals surface area (Å²) in [5.41, 5.74) is 5.51. The Morgan fingerprint density at radius 3 is 2.47 bits per heavy atom. The first kappa shape index (κ1) is 11.5. The van der Waals surface area contributed by atoms with Crippen molar-refractivity contribution in [3.05, 3.63) is 23.8 Å². The highest BCUT2D eigenvalue weighted by molar-refractivity contribution is 7.89. The van der Waals surface area contributed by atoms with Crippen molar-refractivity contribution >= 4 is 21.7 Å². The van der Waals surface area contributed by atoms with Crippen LogP contribution in [0.2, 0.25) is 0 Å². The van der Waals surface area contributed by atoms with Gasteiger partial charge in [-0.05, 0) is 18.2 Å². The lowest BCUT2D eigenvalue weighted by molar-refractivity contribution is 0.0596. The number of rotatable bonds is 2. The number of carbonyl (C=O) groups excluding carboxylic acids is 1. The fourth-order valence-corrected chi connectivity index (χ4v) is 1.77. The number of primary sulfonamides is 1. The molecule has 0 radical (unpaired) electrons. The van der Waals surface area contributed by atoms with E-state index in [4.69, 9.17) is 10.9 Å². The van der Waals surface area contributed by atoms with Crippen LogP contribution in [-0.2, 0) is 14.8 Å². The van der Waals surface area contributed by atoms with Crippen LogP contribution in [0.4, 0.5) is 5.69 Å². The lowest BCUT2D eigenvalue weighted by atomic mass is 10.2. The van der Waals surface area contributed by atoms with Gasteiger partial charge in [-0.3, -0.25) is 0 Å². The number of hydrogen-bond acceptors (Lipinski definition) is 5. The van der Waals surface area contributed by atoms with Gasteiger partial charge >= 0.3 is 5.97 Å². The minimum atomic E-state index is -3.96. The molecule has 1 rings (SSSR count). The summed E-state index contributed by atoms with van der Waals surface area (Å²) < 4.78 is 26.6. The second-order valence-corrected chi connectivity index (χ2v) is 4.32. The highest BCUT2D eigenvalue weighted by Gasteiger charge is 2.19. The molecule has 1 aromatic rings. The van der Waals surface area contributed by atoms with Crippen molar-refractivity contribution in [3.63, 3.8) is 0 Å². The Kier molecular flexibility index (Phi) is 2.96. The van der Waals surface area contributed by atoms with Crippen molar-refractivity contribution in [1.29, 1.82) is 0 Å². The van der Waals surface area contributed by atoms with E-state index in [0.717, 1.165) is 13.2 Å². The molecule has 0 aliphatic carbocycles.